The van der Waals surface area contributed by atoms with Gasteiger partial charge in [-0.2, -0.15) is 0 Å². The third-order valence-electron chi connectivity index (χ3n) is 2.33. The fraction of sp³-hybridized carbons (Fsp3) is 0.0769. The number of rotatable bonds is 2. The molecule has 0 atom stereocenters. The van der Waals surface area contributed by atoms with Crippen LogP contribution < -0.4 is 5.73 Å². The summed E-state index contributed by atoms with van der Waals surface area (Å²) in [6, 6.07) is 16.4. The first kappa shape index (κ1) is 10.2. The molecule has 0 saturated heterocycles. The molecule has 0 heterocycles. The lowest BCUT2D eigenvalue weighted by Gasteiger charge is -2.03. The average Bonchev–Trinajstić information content (AvgIpc) is 2.30. The summed E-state index contributed by atoms with van der Waals surface area (Å²) in [5.74, 6) is 0. The summed E-state index contributed by atoms with van der Waals surface area (Å²) < 4.78 is 0. The molecular weight excluding hydrogens is 250 g/mol. The van der Waals surface area contributed by atoms with Gasteiger partial charge < -0.3 is 5.73 Å². The van der Waals surface area contributed by atoms with Crippen molar-refractivity contribution in [2.75, 3.05) is 5.73 Å². The van der Waals surface area contributed by atoms with Crippen LogP contribution in [0, 0.1) is 0 Å². The molecule has 0 aliphatic carbocycles. The van der Waals surface area contributed by atoms with Crippen molar-refractivity contribution >= 4 is 21.6 Å². The third kappa shape index (κ3) is 2.39. The second-order valence-corrected chi connectivity index (χ2v) is 4.02. The van der Waals surface area contributed by atoms with Crippen LogP contribution in [0.5, 0.6) is 0 Å². The van der Waals surface area contributed by atoms with Gasteiger partial charge in [0.1, 0.15) is 0 Å². The smallest absolute Gasteiger partial charge is 0.0314 e. The highest BCUT2D eigenvalue weighted by Crippen LogP contribution is 2.22. The highest BCUT2D eigenvalue weighted by atomic mass is 79.9. The number of benzene rings is 2. The van der Waals surface area contributed by atoms with Crippen LogP contribution in [0.4, 0.5) is 5.69 Å². The second-order valence-electron chi connectivity index (χ2n) is 3.46. The Balaban J connectivity index is 2.40. The maximum absolute atomic E-state index is 5.65. The van der Waals surface area contributed by atoms with Gasteiger partial charge in [-0.25, -0.2) is 0 Å². The molecule has 1 nitrogen and oxygen atoms in total. The summed E-state index contributed by atoms with van der Waals surface area (Å²) in [4.78, 5) is 0. The first-order valence-electron chi connectivity index (χ1n) is 4.80. The molecule has 0 aliphatic rings. The Morgan fingerprint density at radius 1 is 0.933 bits per heavy atom. The quantitative estimate of drug-likeness (QED) is 0.646. The van der Waals surface area contributed by atoms with Crippen molar-refractivity contribution in [1.29, 1.82) is 0 Å². The molecule has 15 heavy (non-hydrogen) atoms. The van der Waals surface area contributed by atoms with E-state index in [-0.39, 0.29) is 0 Å². The zero-order valence-electron chi connectivity index (χ0n) is 8.28. The molecule has 0 unspecified atom stereocenters. The highest BCUT2D eigenvalue weighted by Gasteiger charge is 1.98. The zero-order valence-corrected chi connectivity index (χ0v) is 9.87. The minimum atomic E-state index is 0.801. The van der Waals surface area contributed by atoms with E-state index in [2.05, 4.69) is 40.2 Å². The highest BCUT2D eigenvalue weighted by molar-refractivity contribution is 9.08. The van der Waals surface area contributed by atoms with Crippen LogP contribution in [0.25, 0.3) is 11.1 Å². The maximum Gasteiger partial charge on any atom is 0.0314 e. The van der Waals surface area contributed by atoms with Gasteiger partial charge in [0.15, 0.2) is 0 Å². The molecule has 2 aromatic rings. The third-order valence-corrected chi connectivity index (χ3v) is 2.97. The van der Waals surface area contributed by atoms with Gasteiger partial charge in [0, 0.05) is 11.0 Å². The van der Waals surface area contributed by atoms with Gasteiger partial charge in [-0.3, -0.25) is 0 Å². The van der Waals surface area contributed by atoms with Crippen molar-refractivity contribution < 1.29 is 0 Å². The van der Waals surface area contributed by atoms with E-state index < -0.39 is 0 Å². The maximum atomic E-state index is 5.65. The fourth-order valence-corrected chi connectivity index (χ4v) is 1.86. The minimum Gasteiger partial charge on any atom is -0.399 e. The SMILES string of the molecule is Nc1ccc(-c2cccc(CBr)c2)cc1. The van der Waals surface area contributed by atoms with Crippen LogP contribution in [-0.2, 0) is 5.33 Å². The molecule has 76 valence electrons. The summed E-state index contributed by atoms with van der Waals surface area (Å²) in [6.45, 7) is 0. The Morgan fingerprint density at radius 2 is 1.67 bits per heavy atom. The normalized spacial score (nSPS) is 10.2. The van der Waals surface area contributed by atoms with Crippen molar-refractivity contribution in [3.8, 4) is 11.1 Å². The van der Waals surface area contributed by atoms with Crippen molar-refractivity contribution in [3.63, 3.8) is 0 Å². The summed E-state index contributed by atoms with van der Waals surface area (Å²) in [5, 5.41) is 0.885. The molecule has 0 radical (unpaired) electrons. The Bertz CT molecular complexity index is 448. The Morgan fingerprint density at radius 3 is 2.33 bits per heavy atom. The van der Waals surface area contributed by atoms with Gasteiger partial charge in [-0.1, -0.05) is 52.3 Å². The molecule has 0 spiro atoms. The van der Waals surface area contributed by atoms with Crippen LogP contribution >= 0.6 is 15.9 Å². The monoisotopic (exact) mass is 261 g/mol. The molecular formula is C13H12BrN. The van der Waals surface area contributed by atoms with E-state index in [0.717, 1.165) is 11.0 Å². The fourth-order valence-electron chi connectivity index (χ4n) is 1.51. The molecule has 0 fully saturated rings. The number of halogens is 1. The standard InChI is InChI=1S/C13H12BrN/c14-9-10-2-1-3-12(8-10)11-4-6-13(15)7-5-11/h1-8H,9,15H2. The van der Waals surface area contributed by atoms with E-state index in [0.29, 0.717) is 0 Å². The number of hydrogen-bond acceptors (Lipinski definition) is 1. The van der Waals surface area contributed by atoms with Crippen molar-refractivity contribution in [1.82, 2.24) is 0 Å². The van der Waals surface area contributed by atoms with Crippen molar-refractivity contribution in [2.45, 2.75) is 5.33 Å². The lowest BCUT2D eigenvalue weighted by molar-refractivity contribution is 1.43. The predicted octanol–water partition coefficient (Wildman–Crippen LogP) is 3.83. The number of nitrogen functional groups attached to an aromatic ring is 1. The van der Waals surface area contributed by atoms with Crippen LogP contribution in [0.1, 0.15) is 5.56 Å². The van der Waals surface area contributed by atoms with E-state index in [4.69, 9.17) is 5.73 Å². The van der Waals surface area contributed by atoms with Gasteiger partial charge in [0.05, 0.1) is 0 Å². The van der Waals surface area contributed by atoms with E-state index >= 15 is 0 Å². The minimum absolute atomic E-state index is 0.801. The van der Waals surface area contributed by atoms with Gasteiger partial charge in [0.2, 0.25) is 0 Å². The number of nitrogens with two attached hydrogens (primary N) is 1. The van der Waals surface area contributed by atoms with Gasteiger partial charge >= 0.3 is 0 Å². The number of anilines is 1. The van der Waals surface area contributed by atoms with Crippen LogP contribution in [0.15, 0.2) is 48.5 Å². The molecule has 2 heteroatoms. The molecule has 2 rings (SSSR count). The zero-order chi connectivity index (χ0) is 10.7. The molecule has 0 aliphatic heterocycles. The summed E-state index contributed by atoms with van der Waals surface area (Å²) in [7, 11) is 0. The van der Waals surface area contributed by atoms with Crippen LogP contribution in [-0.4, -0.2) is 0 Å². The topological polar surface area (TPSA) is 26.0 Å². The van der Waals surface area contributed by atoms with E-state index in [1.165, 1.54) is 16.7 Å². The Kier molecular flexibility index (Phi) is 3.07. The number of hydrogen-bond donors (Lipinski definition) is 1. The molecule has 0 amide bonds. The van der Waals surface area contributed by atoms with Crippen LogP contribution in [0.3, 0.4) is 0 Å². The lowest BCUT2D eigenvalue weighted by Crippen LogP contribution is -1.85. The van der Waals surface area contributed by atoms with Gasteiger partial charge in [-0.15, -0.1) is 0 Å². The molecule has 0 saturated carbocycles. The molecule has 0 bridgehead atoms. The van der Waals surface area contributed by atoms with E-state index in [9.17, 15) is 0 Å². The summed E-state index contributed by atoms with van der Waals surface area (Å²) >= 11 is 3.46. The van der Waals surface area contributed by atoms with Crippen molar-refractivity contribution in [3.05, 3.63) is 54.1 Å². The van der Waals surface area contributed by atoms with Gasteiger partial charge in [-0.05, 0) is 28.8 Å². The van der Waals surface area contributed by atoms with E-state index in [1.54, 1.807) is 0 Å². The summed E-state index contributed by atoms with van der Waals surface area (Å²) in [6.07, 6.45) is 0. The first-order valence-corrected chi connectivity index (χ1v) is 5.92. The lowest BCUT2D eigenvalue weighted by atomic mass is 10.0. The largest absolute Gasteiger partial charge is 0.399 e. The summed E-state index contributed by atoms with van der Waals surface area (Å²) in [5.41, 5.74) is 10.2. The predicted molar refractivity (Wildman–Crippen MR) is 68.9 cm³/mol. The molecule has 2 N–H and O–H groups in total. The van der Waals surface area contributed by atoms with Crippen LogP contribution in [0.2, 0.25) is 0 Å². The van der Waals surface area contributed by atoms with Crippen molar-refractivity contribution in [2.24, 2.45) is 0 Å². The second kappa shape index (κ2) is 4.49. The van der Waals surface area contributed by atoms with E-state index in [1.807, 2.05) is 24.3 Å². The molecule has 0 aromatic heterocycles. The number of alkyl halides is 1. The molecule has 2 aromatic carbocycles. The average molecular weight is 262 g/mol. The Labute approximate surface area is 98.1 Å². The van der Waals surface area contributed by atoms with Gasteiger partial charge in [0.25, 0.3) is 0 Å². The Hall–Kier alpha value is -1.28. The first-order chi connectivity index (χ1) is 7.29.